The molecule has 0 fully saturated rings. The van der Waals surface area contributed by atoms with Gasteiger partial charge in [-0.1, -0.05) is 17.7 Å². The summed E-state index contributed by atoms with van der Waals surface area (Å²) in [6, 6.07) is 4.12. The van der Waals surface area contributed by atoms with Crippen LogP contribution in [0, 0.1) is 5.82 Å². The number of methoxy groups -OCH3 is 1. The Labute approximate surface area is 152 Å². The van der Waals surface area contributed by atoms with E-state index in [9.17, 15) is 23.9 Å². The number of carboxylic acids is 1. The summed E-state index contributed by atoms with van der Waals surface area (Å²) < 4.78 is 18.3. The predicted octanol–water partition coefficient (Wildman–Crippen LogP) is 2.07. The van der Waals surface area contributed by atoms with Crippen molar-refractivity contribution >= 4 is 23.5 Å². The van der Waals surface area contributed by atoms with Crippen molar-refractivity contribution in [2.75, 3.05) is 13.7 Å². The molecule has 2 heterocycles. The summed E-state index contributed by atoms with van der Waals surface area (Å²) in [5.74, 6) is -2.65. The summed E-state index contributed by atoms with van der Waals surface area (Å²) in [5, 5.41) is 9.23. The van der Waals surface area contributed by atoms with Gasteiger partial charge in [-0.3, -0.25) is 9.59 Å². The van der Waals surface area contributed by atoms with Crippen molar-refractivity contribution in [3.8, 4) is 5.75 Å². The molecular formula is C17H14ClFN2O5. The molecule has 2 aromatic rings. The number of pyridine rings is 1. The molecule has 1 amide bonds. The van der Waals surface area contributed by atoms with Gasteiger partial charge < -0.3 is 19.7 Å². The second-order valence-corrected chi connectivity index (χ2v) is 6.15. The zero-order valence-corrected chi connectivity index (χ0v) is 14.4. The van der Waals surface area contributed by atoms with Crippen molar-refractivity contribution in [2.45, 2.75) is 13.0 Å². The number of H-pyrrole nitrogens is 1. The molecule has 0 saturated carbocycles. The van der Waals surface area contributed by atoms with E-state index in [2.05, 4.69) is 4.98 Å². The fourth-order valence-electron chi connectivity index (χ4n) is 2.99. The third-order valence-corrected chi connectivity index (χ3v) is 4.47. The maximum atomic E-state index is 13.3. The molecule has 0 radical (unpaired) electrons. The van der Waals surface area contributed by atoms with Crippen molar-refractivity contribution in [1.82, 2.24) is 9.88 Å². The van der Waals surface area contributed by atoms with E-state index < -0.39 is 23.3 Å². The zero-order chi connectivity index (χ0) is 19.0. The average molecular weight is 381 g/mol. The van der Waals surface area contributed by atoms with Crippen LogP contribution in [0.5, 0.6) is 5.75 Å². The summed E-state index contributed by atoms with van der Waals surface area (Å²) in [4.78, 5) is 40.0. The molecular weight excluding hydrogens is 367 g/mol. The van der Waals surface area contributed by atoms with Gasteiger partial charge in [0, 0.05) is 18.7 Å². The summed E-state index contributed by atoms with van der Waals surface area (Å²) in [6.45, 7) is 0.368. The standard InChI is InChI=1S/C17H14ClFN2O5/c1-26-14-12-9(13(17(24)25)20-15(14)22)4-5-21(16(12)23)7-8-2-3-11(19)10(18)6-8/h2-3,6H,4-5,7H2,1H3,(H,20,22)(H,24,25). The number of aromatic carboxylic acids is 1. The van der Waals surface area contributed by atoms with Gasteiger partial charge in [0.2, 0.25) is 0 Å². The minimum absolute atomic E-state index is 0.0606. The third kappa shape index (κ3) is 3.03. The number of carbonyl (C=O) groups is 2. The highest BCUT2D eigenvalue weighted by atomic mass is 35.5. The summed E-state index contributed by atoms with van der Waals surface area (Å²) in [5.41, 5.74) is -0.330. The van der Waals surface area contributed by atoms with Crippen LogP contribution in [-0.2, 0) is 13.0 Å². The monoisotopic (exact) mass is 380 g/mol. The lowest BCUT2D eigenvalue weighted by Crippen LogP contribution is -2.40. The highest BCUT2D eigenvalue weighted by molar-refractivity contribution is 6.30. The van der Waals surface area contributed by atoms with Crippen molar-refractivity contribution in [3.05, 3.63) is 61.8 Å². The highest BCUT2D eigenvalue weighted by Gasteiger charge is 2.33. The van der Waals surface area contributed by atoms with E-state index >= 15 is 0 Å². The van der Waals surface area contributed by atoms with E-state index in [-0.39, 0.29) is 47.1 Å². The molecule has 26 heavy (non-hydrogen) atoms. The number of rotatable bonds is 4. The van der Waals surface area contributed by atoms with Gasteiger partial charge in [0.25, 0.3) is 11.5 Å². The van der Waals surface area contributed by atoms with Gasteiger partial charge in [0.15, 0.2) is 5.75 Å². The largest absolute Gasteiger partial charge is 0.491 e. The van der Waals surface area contributed by atoms with Crippen LogP contribution < -0.4 is 10.3 Å². The molecule has 136 valence electrons. The fraction of sp³-hybridized carbons (Fsp3) is 0.235. The first kappa shape index (κ1) is 17.9. The van der Waals surface area contributed by atoms with Gasteiger partial charge in [0.05, 0.1) is 17.7 Å². The summed E-state index contributed by atoms with van der Waals surface area (Å²) in [6.07, 6.45) is 0.227. The number of nitrogens with one attached hydrogen (secondary N) is 1. The van der Waals surface area contributed by atoms with Crippen LogP contribution in [-0.4, -0.2) is 40.5 Å². The predicted molar refractivity (Wildman–Crippen MR) is 90.4 cm³/mol. The molecule has 2 N–H and O–H groups in total. The first-order valence-electron chi connectivity index (χ1n) is 7.63. The molecule has 1 aliphatic rings. The first-order valence-corrected chi connectivity index (χ1v) is 8.01. The lowest BCUT2D eigenvalue weighted by Gasteiger charge is -2.30. The van der Waals surface area contributed by atoms with Crippen molar-refractivity contribution < 1.29 is 23.8 Å². The van der Waals surface area contributed by atoms with E-state index in [1.54, 1.807) is 0 Å². The number of nitrogens with zero attached hydrogens (tertiary/aromatic N) is 1. The number of ether oxygens (including phenoxy) is 1. The number of carboxylic acid groups (broad SMARTS) is 1. The molecule has 3 rings (SSSR count). The molecule has 0 unspecified atom stereocenters. The Kier molecular flexibility index (Phi) is 4.69. The third-order valence-electron chi connectivity index (χ3n) is 4.18. The van der Waals surface area contributed by atoms with Crippen molar-refractivity contribution in [2.24, 2.45) is 0 Å². The molecule has 1 aromatic heterocycles. The zero-order valence-electron chi connectivity index (χ0n) is 13.6. The Hall–Kier alpha value is -2.87. The van der Waals surface area contributed by atoms with Crippen molar-refractivity contribution in [1.29, 1.82) is 0 Å². The number of aromatic nitrogens is 1. The van der Waals surface area contributed by atoms with Gasteiger partial charge in [-0.15, -0.1) is 0 Å². The molecule has 0 atom stereocenters. The molecule has 7 nitrogen and oxygen atoms in total. The average Bonchev–Trinajstić information content (AvgIpc) is 2.60. The van der Waals surface area contributed by atoms with E-state index in [0.29, 0.717) is 5.56 Å². The number of fused-ring (bicyclic) bond motifs is 1. The topological polar surface area (TPSA) is 99.7 Å². The van der Waals surface area contributed by atoms with E-state index in [1.165, 1.54) is 30.2 Å². The Morgan fingerprint density at radius 3 is 2.77 bits per heavy atom. The molecule has 9 heteroatoms. The van der Waals surface area contributed by atoms with Gasteiger partial charge in [-0.2, -0.15) is 0 Å². The molecule has 0 aliphatic carbocycles. The van der Waals surface area contributed by atoms with E-state index in [0.717, 1.165) is 0 Å². The molecule has 0 saturated heterocycles. The number of benzene rings is 1. The Bertz CT molecular complexity index is 972. The van der Waals surface area contributed by atoms with Gasteiger partial charge in [-0.25, -0.2) is 9.18 Å². The molecule has 0 bridgehead atoms. The first-order chi connectivity index (χ1) is 12.3. The van der Waals surface area contributed by atoms with Crippen LogP contribution in [0.2, 0.25) is 5.02 Å². The fourth-order valence-corrected chi connectivity index (χ4v) is 3.19. The minimum atomic E-state index is -1.33. The van der Waals surface area contributed by atoms with Crippen LogP contribution in [0.3, 0.4) is 0 Å². The maximum Gasteiger partial charge on any atom is 0.352 e. The van der Waals surface area contributed by atoms with Crippen LogP contribution in [0.4, 0.5) is 4.39 Å². The number of carbonyl (C=O) groups excluding carboxylic acids is 1. The highest BCUT2D eigenvalue weighted by Crippen LogP contribution is 2.28. The SMILES string of the molecule is COc1c2c(c(C(=O)O)[nH]c1=O)CCN(Cc1ccc(F)c(Cl)c1)C2=O. The van der Waals surface area contributed by atoms with Crippen LogP contribution in [0.25, 0.3) is 0 Å². The Balaban J connectivity index is 2.02. The number of hydrogen-bond donors (Lipinski definition) is 2. The van der Waals surface area contributed by atoms with Gasteiger partial charge >= 0.3 is 5.97 Å². The lowest BCUT2D eigenvalue weighted by molar-refractivity contribution is 0.0684. The molecule has 1 aromatic carbocycles. The van der Waals surface area contributed by atoms with Crippen LogP contribution in [0.15, 0.2) is 23.0 Å². The Morgan fingerprint density at radius 1 is 1.42 bits per heavy atom. The molecule has 0 spiro atoms. The lowest BCUT2D eigenvalue weighted by atomic mass is 9.96. The normalized spacial score (nSPS) is 13.5. The number of halogens is 2. The molecule has 1 aliphatic heterocycles. The van der Waals surface area contributed by atoms with Gasteiger partial charge in [0.1, 0.15) is 11.5 Å². The summed E-state index contributed by atoms with van der Waals surface area (Å²) in [7, 11) is 1.23. The minimum Gasteiger partial charge on any atom is -0.491 e. The van der Waals surface area contributed by atoms with Crippen LogP contribution in [0.1, 0.15) is 32.0 Å². The van der Waals surface area contributed by atoms with Gasteiger partial charge in [-0.05, 0) is 24.1 Å². The number of amides is 1. The quantitative estimate of drug-likeness (QED) is 0.845. The Morgan fingerprint density at radius 2 is 2.15 bits per heavy atom. The second-order valence-electron chi connectivity index (χ2n) is 5.75. The number of hydrogen-bond acceptors (Lipinski definition) is 4. The van der Waals surface area contributed by atoms with E-state index in [4.69, 9.17) is 16.3 Å². The summed E-state index contributed by atoms with van der Waals surface area (Å²) >= 11 is 5.76. The van der Waals surface area contributed by atoms with E-state index in [1.807, 2.05) is 0 Å². The maximum absolute atomic E-state index is 13.3. The van der Waals surface area contributed by atoms with Crippen molar-refractivity contribution in [3.63, 3.8) is 0 Å². The second kappa shape index (κ2) is 6.80. The smallest absolute Gasteiger partial charge is 0.352 e. The van der Waals surface area contributed by atoms with Crippen LogP contribution >= 0.6 is 11.6 Å². The number of aromatic amines is 1.